The van der Waals surface area contributed by atoms with Crippen molar-refractivity contribution in [3.05, 3.63) is 58.7 Å². The third-order valence-electron chi connectivity index (χ3n) is 4.77. The first-order valence-electron chi connectivity index (χ1n) is 8.68. The number of ether oxygens (including phenoxy) is 1. The van der Waals surface area contributed by atoms with Gasteiger partial charge in [-0.25, -0.2) is 0 Å². The second-order valence-corrected chi connectivity index (χ2v) is 8.89. The summed E-state index contributed by atoms with van der Waals surface area (Å²) >= 11 is 0. The van der Waals surface area contributed by atoms with Gasteiger partial charge in [0.1, 0.15) is 17.4 Å². The van der Waals surface area contributed by atoms with E-state index in [1.54, 1.807) is 24.3 Å². The standard InChI is InChI=1S/C22H26O3/c1-21(2,3)14-11-16-18(13-7-9-15(23)10-8-13)20(24)25-19(16)17(12-14)22(4,5)6/h7-12,18,23H,1-6H3. The monoisotopic (exact) mass is 338 g/mol. The van der Waals surface area contributed by atoms with Gasteiger partial charge >= 0.3 is 5.97 Å². The fraction of sp³-hybridized carbons (Fsp3) is 0.409. The molecule has 0 radical (unpaired) electrons. The van der Waals surface area contributed by atoms with E-state index in [0.717, 1.165) is 16.7 Å². The van der Waals surface area contributed by atoms with Gasteiger partial charge in [0.2, 0.25) is 0 Å². The molecule has 0 bridgehead atoms. The van der Waals surface area contributed by atoms with E-state index >= 15 is 0 Å². The first-order chi connectivity index (χ1) is 11.5. The molecule has 1 aliphatic rings. The maximum absolute atomic E-state index is 12.7. The number of carbonyl (C=O) groups is 1. The van der Waals surface area contributed by atoms with Crippen LogP contribution in [0.4, 0.5) is 0 Å². The maximum atomic E-state index is 12.7. The van der Waals surface area contributed by atoms with Crippen LogP contribution in [-0.4, -0.2) is 11.1 Å². The van der Waals surface area contributed by atoms with Crippen molar-refractivity contribution in [2.45, 2.75) is 58.3 Å². The van der Waals surface area contributed by atoms with E-state index in [0.29, 0.717) is 5.75 Å². The largest absolute Gasteiger partial charge is 0.508 e. The quantitative estimate of drug-likeness (QED) is 0.585. The average Bonchev–Trinajstić information content (AvgIpc) is 2.81. The molecular weight excluding hydrogens is 312 g/mol. The molecule has 1 N–H and O–H groups in total. The molecule has 0 aliphatic carbocycles. The van der Waals surface area contributed by atoms with Crippen molar-refractivity contribution in [2.75, 3.05) is 0 Å². The Morgan fingerprint density at radius 3 is 2.04 bits per heavy atom. The van der Waals surface area contributed by atoms with E-state index in [1.807, 2.05) is 0 Å². The molecule has 1 aliphatic heterocycles. The second kappa shape index (κ2) is 5.62. The van der Waals surface area contributed by atoms with Crippen LogP contribution in [0.1, 0.15) is 69.7 Å². The van der Waals surface area contributed by atoms with Crippen molar-refractivity contribution in [1.29, 1.82) is 0 Å². The third-order valence-corrected chi connectivity index (χ3v) is 4.77. The topological polar surface area (TPSA) is 46.5 Å². The van der Waals surface area contributed by atoms with E-state index < -0.39 is 5.92 Å². The van der Waals surface area contributed by atoms with Crippen molar-refractivity contribution in [1.82, 2.24) is 0 Å². The number of carbonyl (C=O) groups excluding carboxylic acids is 1. The summed E-state index contributed by atoms with van der Waals surface area (Å²) in [5.41, 5.74) is 3.86. The Bertz CT molecular complexity index is 818. The lowest BCUT2D eigenvalue weighted by atomic mass is 9.77. The van der Waals surface area contributed by atoms with Gasteiger partial charge in [-0.15, -0.1) is 0 Å². The normalized spacial score (nSPS) is 17.4. The first kappa shape index (κ1) is 17.5. The minimum absolute atomic E-state index is 0.0276. The van der Waals surface area contributed by atoms with Crippen LogP contribution in [-0.2, 0) is 15.6 Å². The van der Waals surface area contributed by atoms with E-state index in [9.17, 15) is 9.90 Å². The summed E-state index contributed by atoms with van der Waals surface area (Å²) < 4.78 is 5.73. The molecule has 0 fully saturated rings. The van der Waals surface area contributed by atoms with Crippen LogP contribution < -0.4 is 4.74 Å². The highest BCUT2D eigenvalue weighted by Gasteiger charge is 2.39. The lowest BCUT2D eigenvalue weighted by Gasteiger charge is -2.27. The van der Waals surface area contributed by atoms with Crippen molar-refractivity contribution in [2.24, 2.45) is 0 Å². The van der Waals surface area contributed by atoms with Crippen LogP contribution in [0.2, 0.25) is 0 Å². The van der Waals surface area contributed by atoms with Gasteiger partial charge in [-0.1, -0.05) is 65.8 Å². The Labute approximate surface area is 149 Å². The molecule has 3 nitrogen and oxygen atoms in total. The second-order valence-electron chi connectivity index (χ2n) is 8.89. The Morgan fingerprint density at radius 1 is 0.920 bits per heavy atom. The van der Waals surface area contributed by atoms with Gasteiger partial charge in [-0.05, 0) is 34.1 Å². The minimum atomic E-state index is -0.445. The number of hydrogen-bond acceptors (Lipinski definition) is 3. The molecule has 3 rings (SSSR count). The van der Waals surface area contributed by atoms with Gasteiger partial charge in [0, 0.05) is 11.1 Å². The molecule has 3 heteroatoms. The fourth-order valence-corrected chi connectivity index (χ4v) is 3.24. The molecule has 25 heavy (non-hydrogen) atoms. The molecule has 2 aromatic carbocycles. The molecule has 0 saturated heterocycles. The summed E-state index contributed by atoms with van der Waals surface area (Å²) in [6.07, 6.45) is 0. The number of fused-ring (bicyclic) bond motifs is 1. The highest BCUT2D eigenvalue weighted by Crippen LogP contribution is 2.47. The van der Waals surface area contributed by atoms with E-state index in [1.165, 1.54) is 5.56 Å². The van der Waals surface area contributed by atoms with Gasteiger partial charge in [0.05, 0.1) is 0 Å². The number of phenols is 1. The zero-order valence-corrected chi connectivity index (χ0v) is 15.8. The lowest BCUT2D eigenvalue weighted by Crippen LogP contribution is -2.17. The van der Waals surface area contributed by atoms with Crippen LogP contribution in [0.25, 0.3) is 0 Å². The third kappa shape index (κ3) is 3.15. The fourth-order valence-electron chi connectivity index (χ4n) is 3.24. The van der Waals surface area contributed by atoms with Crippen LogP contribution in [0.15, 0.2) is 36.4 Å². The number of esters is 1. The molecule has 1 atom stereocenters. The van der Waals surface area contributed by atoms with E-state index in [-0.39, 0.29) is 22.5 Å². The average molecular weight is 338 g/mol. The predicted octanol–water partition coefficient (Wildman–Crippen LogP) is 5.04. The maximum Gasteiger partial charge on any atom is 0.323 e. The minimum Gasteiger partial charge on any atom is -0.508 e. The number of phenolic OH excluding ortho intramolecular Hbond substituents is 1. The zero-order chi connectivity index (χ0) is 18.6. The van der Waals surface area contributed by atoms with Gasteiger partial charge in [0.15, 0.2) is 0 Å². The van der Waals surface area contributed by atoms with Gasteiger partial charge in [-0.3, -0.25) is 4.79 Å². The number of aromatic hydroxyl groups is 1. The first-order valence-corrected chi connectivity index (χ1v) is 8.68. The van der Waals surface area contributed by atoms with Crippen molar-refractivity contribution in [3.63, 3.8) is 0 Å². The van der Waals surface area contributed by atoms with Crippen LogP contribution in [0, 0.1) is 0 Å². The van der Waals surface area contributed by atoms with Crippen LogP contribution in [0.3, 0.4) is 0 Å². The number of benzene rings is 2. The van der Waals surface area contributed by atoms with E-state index in [4.69, 9.17) is 4.74 Å². The summed E-state index contributed by atoms with van der Waals surface area (Å²) in [6, 6.07) is 11.1. The summed E-state index contributed by atoms with van der Waals surface area (Å²) in [7, 11) is 0. The smallest absolute Gasteiger partial charge is 0.323 e. The van der Waals surface area contributed by atoms with Crippen molar-refractivity contribution in [3.8, 4) is 11.5 Å². The molecule has 0 saturated carbocycles. The SMILES string of the molecule is CC(C)(C)c1cc2c(c(C(C)(C)C)c1)OC(=O)C2c1ccc(O)cc1. The highest BCUT2D eigenvalue weighted by molar-refractivity contribution is 5.90. The Morgan fingerprint density at radius 2 is 1.52 bits per heavy atom. The summed E-state index contributed by atoms with van der Waals surface area (Å²) in [5, 5.41) is 9.55. The van der Waals surface area contributed by atoms with Gasteiger partial charge < -0.3 is 9.84 Å². The molecule has 0 amide bonds. The molecule has 2 aromatic rings. The van der Waals surface area contributed by atoms with Gasteiger partial charge in [0.25, 0.3) is 0 Å². The summed E-state index contributed by atoms with van der Waals surface area (Å²) in [6.45, 7) is 12.9. The lowest BCUT2D eigenvalue weighted by molar-refractivity contribution is -0.133. The molecule has 1 heterocycles. The molecular formula is C22H26O3. The van der Waals surface area contributed by atoms with Crippen LogP contribution in [0.5, 0.6) is 11.5 Å². The summed E-state index contributed by atoms with van der Waals surface area (Å²) in [4.78, 5) is 12.7. The molecule has 0 spiro atoms. The molecule has 132 valence electrons. The Balaban J connectivity index is 2.24. The highest BCUT2D eigenvalue weighted by atomic mass is 16.5. The summed E-state index contributed by atoms with van der Waals surface area (Å²) in [5.74, 6) is 0.189. The van der Waals surface area contributed by atoms with Crippen molar-refractivity contribution >= 4 is 5.97 Å². The zero-order valence-electron chi connectivity index (χ0n) is 15.8. The Kier molecular flexibility index (Phi) is 3.94. The van der Waals surface area contributed by atoms with Gasteiger partial charge in [-0.2, -0.15) is 0 Å². The van der Waals surface area contributed by atoms with Crippen molar-refractivity contribution < 1.29 is 14.6 Å². The predicted molar refractivity (Wildman–Crippen MR) is 99.4 cm³/mol. The Hall–Kier alpha value is -2.29. The molecule has 1 unspecified atom stereocenters. The number of hydrogen-bond donors (Lipinski definition) is 1. The molecule has 0 aromatic heterocycles. The van der Waals surface area contributed by atoms with E-state index in [2.05, 4.69) is 53.7 Å². The number of rotatable bonds is 1. The van der Waals surface area contributed by atoms with Crippen LogP contribution >= 0.6 is 0 Å².